The zero-order valence-corrected chi connectivity index (χ0v) is 10.5. The van der Waals surface area contributed by atoms with E-state index in [1.807, 2.05) is 6.20 Å². The first-order valence-corrected chi connectivity index (χ1v) is 6.26. The highest BCUT2D eigenvalue weighted by Crippen LogP contribution is 2.19. The molecule has 0 amide bonds. The monoisotopic (exact) mass is 231 g/mol. The fourth-order valence-electron chi connectivity index (χ4n) is 1.93. The van der Waals surface area contributed by atoms with Gasteiger partial charge >= 0.3 is 0 Å². The molecule has 2 unspecified atom stereocenters. The second kappa shape index (κ2) is 5.34. The standard InChI is InChI=1S/C14H21N3/c1-3-13(15)9-17-10(2)11-4-5-14-12(8-11)6-7-16-14/h4-8,10,13,16-17H,3,9,15H2,1-2H3. The van der Waals surface area contributed by atoms with Crippen molar-refractivity contribution in [3.8, 4) is 0 Å². The molecule has 2 atom stereocenters. The second-order valence-electron chi connectivity index (χ2n) is 4.62. The molecule has 92 valence electrons. The van der Waals surface area contributed by atoms with Crippen molar-refractivity contribution in [3.05, 3.63) is 36.0 Å². The summed E-state index contributed by atoms with van der Waals surface area (Å²) in [4.78, 5) is 3.20. The van der Waals surface area contributed by atoms with Gasteiger partial charge in [-0.05, 0) is 42.5 Å². The Morgan fingerprint density at radius 2 is 2.18 bits per heavy atom. The van der Waals surface area contributed by atoms with Gasteiger partial charge in [-0.1, -0.05) is 13.0 Å². The summed E-state index contributed by atoms with van der Waals surface area (Å²) < 4.78 is 0. The number of nitrogens with two attached hydrogens (primary N) is 1. The van der Waals surface area contributed by atoms with Crippen LogP contribution in [0.2, 0.25) is 0 Å². The topological polar surface area (TPSA) is 53.8 Å². The molecule has 3 nitrogen and oxygen atoms in total. The molecule has 1 aromatic carbocycles. The summed E-state index contributed by atoms with van der Waals surface area (Å²) in [5.74, 6) is 0. The van der Waals surface area contributed by atoms with Gasteiger partial charge in [0.15, 0.2) is 0 Å². The number of benzene rings is 1. The van der Waals surface area contributed by atoms with Gasteiger partial charge < -0.3 is 16.0 Å². The molecule has 0 saturated carbocycles. The molecular weight excluding hydrogens is 210 g/mol. The maximum atomic E-state index is 5.91. The second-order valence-corrected chi connectivity index (χ2v) is 4.62. The summed E-state index contributed by atoms with van der Waals surface area (Å²) >= 11 is 0. The highest BCUT2D eigenvalue weighted by molar-refractivity contribution is 5.80. The van der Waals surface area contributed by atoms with Gasteiger partial charge in [0.25, 0.3) is 0 Å². The maximum Gasteiger partial charge on any atom is 0.0454 e. The molecule has 0 aliphatic rings. The Kier molecular flexibility index (Phi) is 3.82. The average molecular weight is 231 g/mol. The van der Waals surface area contributed by atoms with E-state index < -0.39 is 0 Å². The third-order valence-electron chi connectivity index (χ3n) is 3.29. The first-order valence-electron chi connectivity index (χ1n) is 6.26. The van der Waals surface area contributed by atoms with Gasteiger partial charge in [-0.15, -0.1) is 0 Å². The number of aromatic amines is 1. The van der Waals surface area contributed by atoms with Crippen LogP contribution in [-0.2, 0) is 0 Å². The predicted octanol–water partition coefficient (Wildman–Crippen LogP) is 2.56. The molecule has 1 heterocycles. The molecule has 0 bridgehead atoms. The molecule has 0 aliphatic heterocycles. The van der Waals surface area contributed by atoms with Crippen molar-refractivity contribution in [3.63, 3.8) is 0 Å². The average Bonchev–Trinajstić information content (AvgIpc) is 2.82. The number of fused-ring (bicyclic) bond motifs is 1. The van der Waals surface area contributed by atoms with E-state index >= 15 is 0 Å². The molecule has 2 rings (SSSR count). The molecule has 3 heteroatoms. The fraction of sp³-hybridized carbons (Fsp3) is 0.429. The Bertz CT molecular complexity index is 475. The first-order chi connectivity index (χ1) is 8.20. The van der Waals surface area contributed by atoms with Crippen molar-refractivity contribution in [1.29, 1.82) is 0 Å². The molecule has 0 fully saturated rings. The van der Waals surface area contributed by atoms with Crippen molar-refractivity contribution in [2.24, 2.45) is 5.73 Å². The van der Waals surface area contributed by atoms with Crippen LogP contribution in [-0.4, -0.2) is 17.6 Å². The molecule has 0 radical (unpaired) electrons. The Hall–Kier alpha value is -1.32. The van der Waals surface area contributed by atoms with Crippen LogP contribution in [0.1, 0.15) is 31.9 Å². The molecule has 2 aromatic rings. The molecule has 0 spiro atoms. The van der Waals surface area contributed by atoms with Crippen LogP contribution in [0.5, 0.6) is 0 Å². The maximum absolute atomic E-state index is 5.91. The van der Waals surface area contributed by atoms with Gasteiger partial charge in [0.05, 0.1) is 0 Å². The molecular formula is C14H21N3. The molecule has 17 heavy (non-hydrogen) atoms. The third kappa shape index (κ3) is 2.87. The molecule has 0 saturated heterocycles. The van der Waals surface area contributed by atoms with Crippen molar-refractivity contribution < 1.29 is 0 Å². The number of aromatic nitrogens is 1. The number of nitrogens with one attached hydrogen (secondary N) is 2. The van der Waals surface area contributed by atoms with E-state index in [1.165, 1.54) is 16.5 Å². The summed E-state index contributed by atoms with van der Waals surface area (Å²) in [6.45, 7) is 5.15. The van der Waals surface area contributed by atoms with Crippen molar-refractivity contribution in [2.75, 3.05) is 6.54 Å². The van der Waals surface area contributed by atoms with Crippen molar-refractivity contribution in [1.82, 2.24) is 10.3 Å². The van der Waals surface area contributed by atoms with Crippen LogP contribution >= 0.6 is 0 Å². The highest BCUT2D eigenvalue weighted by atomic mass is 14.9. The molecule has 4 N–H and O–H groups in total. The number of hydrogen-bond acceptors (Lipinski definition) is 2. The van der Waals surface area contributed by atoms with Crippen LogP contribution in [0.4, 0.5) is 0 Å². The Morgan fingerprint density at radius 3 is 2.94 bits per heavy atom. The van der Waals surface area contributed by atoms with E-state index in [4.69, 9.17) is 5.73 Å². The van der Waals surface area contributed by atoms with E-state index in [-0.39, 0.29) is 6.04 Å². The lowest BCUT2D eigenvalue weighted by molar-refractivity contribution is 0.508. The predicted molar refractivity (Wildman–Crippen MR) is 73.0 cm³/mol. The number of H-pyrrole nitrogens is 1. The van der Waals surface area contributed by atoms with E-state index in [0.717, 1.165) is 13.0 Å². The van der Waals surface area contributed by atoms with Gasteiger partial charge in [-0.3, -0.25) is 0 Å². The lowest BCUT2D eigenvalue weighted by Crippen LogP contribution is -2.34. The van der Waals surface area contributed by atoms with Crippen LogP contribution in [0.3, 0.4) is 0 Å². The fourth-order valence-corrected chi connectivity index (χ4v) is 1.93. The van der Waals surface area contributed by atoms with Gasteiger partial charge in [0, 0.05) is 30.3 Å². The Labute approximate surface area is 102 Å². The lowest BCUT2D eigenvalue weighted by Gasteiger charge is -2.17. The highest BCUT2D eigenvalue weighted by Gasteiger charge is 2.07. The van der Waals surface area contributed by atoms with Crippen LogP contribution in [0.15, 0.2) is 30.5 Å². The minimum Gasteiger partial charge on any atom is -0.361 e. The smallest absolute Gasteiger partial charge is 0.0454 e. The van der Waals surface area contributed by atoms with Gasteiger partial charge in [0.1, 0.15) is 0 Å². The largest absolute Gasteiger partial charge is 0.361 e. The SMILES string of the molecule is CCC(N)CNC(C)c1ccc2[nH]ccc2c1. The van der Waals surface area contributed by atoms with E-state index in [0.29, 0.717) is 6.04 Å². The lowest BCUT2D eigenvalue weighted by atomic mass is 10.1. The summed E-state index contributed by atoms with van der Waals surface area (Å²) in [6.07, 6.45) is 2.98. The zero-order valence-electron chi connectivity index (χ0n) is 10.5. The van der Waals surface area contributed by atoms with E-state index in [2.05, 4.69) is 48.4 Å². The van der Waals surface area contributed by atoms with Crippen molar-refractivity contribution >= 4 is 10.9 Å². The van der Waals surface area contributed by atoms with E-state index in [9.17, 15) is 0 Å². The van der Waals surface area contributed by atoms with Gasteiger partial charge in [-0.25, -0.2) is 0 Å². The number of rotatable bonds is 5. The quantitative estimate of drug-likeness (QED) is 0.740. The summed E-state index contributed by atoms with van der Waals surface area (Å²) in [7, 11) is 0. The Balaban J connectivity index is 2.05. The molecule has 0 aliphatic carbocycles. The van der Waals surface area contributed by atoms with Crippen LogP contribution in [0.25, 0.3) is 10.9 Å². The van der Waals surface area contributed by atoms with Crippen LogP contribution in [0, 0.1) is 0 Å². The zero-order chi connectivity index (χ0) is 12.3. The van der Waals surface area contributed by atoms with Crippen molar-refractivity contribution in [2.45, 2.75) is 32.4 Å². The van der Waals surface area contributed by atoms with E-state index in [1.54, 1.807) is 0 Å². The first kappa shape index (κ1) is 12.1. The molecule has 1 aromatic heterocycles. The normalized spacial score (nSPS) is 15.0. The summed E-state index contributed by atoms with van der Waals surface area (Å²) in [6, 6.07) is 9.20. The third-order valence-corrected chi connectivity index (χ3v) is 3.29. The minimum atomic E-state index is 0.244. The van der Waals surface area contributed by atoms with Gasteiger partial charge in [-0.2, -0.15) is 0 Å². The van der Waals surface area contributed by atoms with Gasteiger partial charge in [0.2, 0.25) is 0 Å². The minimum absolute atomic E-state index is 0.244. The van der Waals surface area contributed by atoms with Crippen LogP contribution < -0.4 is 11.1 Å². The summed E-state index contributed by atoms with van der Waals surface area (Å²) in [5, 5.41) is 4.73. The Morgan fingerprint density at radius 1 is 1.35 bits per heavy atom. The summed E-state index contributed by atoms with van der Waals surface area (Å²) in [5.41, 5.74) is 8.40. The number of hydrogen-bond donors (Lipinski definition) is 3.